The molecule has 1 aromatic carbocycles. The number of hydrazine groups is 1. The standard InChI is InChI=1S/C20H23ClN4/c1-24-12-2-3-18(14-24)25-20(16-8-10-22-11-9-16)19(13-23-25)15-4-6-17(21)7-5-15/h4-11,13,18,20,23H,2-3,12,14H2,1H3. The number of piperidine rings is 1. The minimum Gasteiger partial charge on any atom is -0.325 e. The summed E-state index contributed by atoms with van der Waals surface area (Å²) in [5.74, 6) is 0. The Bertz CT molecular complexity index is 744. The molecule has 130 valence electrons. The van der Waals surface area contributed by atoms with E-state index >= 15 is 0 Å². The van der Waals surface area contributed by atoms with Crippen molar-refractivity contribution in [1.82, 2.24) is 20.3 Å². The van der Waals surface area contributed by atoms with Crippen LogP contribution in [0, 0.1) is 0 Å². The summed E-state index contributed by atoms with van der Waals surface area (Å²) in [4.78, 5) is 6.61. The first-order valence-electron chi connectivity index (χ1n) is 8.81. The van der Waals surface area contributed by atoms with Crippen molar-refractivity contribution in [3.8, 4) is 0 Å². The van der Waals surface area contributed by atoms with Crippen LogP contribution in [0.3, 0.4) is 0 Å². The Morgan fingerprint density at radius 1 is 1.12 bits per heavy atom. The fourth-order valence-electron chi connectivity index (χ4n) is 3.90. The smallest absolute Gasteiger partial charge is 0.0815 e. The lowest BCUT2D eigenvalue weighted by molar-refractivity contribution is 0.0723. The summed E-state index contributed by atoms with van der Waals surface area (Å²) in [6.07, 6.45) is 8.33. The van der Waals surface area contributed by atoms with Gasteiger partial charge < -0.3 is 10.3 Å². The Morgan fingerprint density at radius 2 is 1.88 bits per heavy atom. The van der Waals surface area contributed by atoms with Crippen LogP contribution < -0.4 is 5.43 Å². The predicted molar refractivity (Wildman–Crippen MR) is 102 cm³/mol. The van der Waals surface area contributed by atoms with Gasteiger partial charge in [-0.1, -0.05) is 23.7 Å². The van der Waals surface area contributed by atoms with E-state index in [1.807, 2.05) is 24.5 Å². The minimum absolute atomic E-state index is 0.181. The highest BCUT2D eigenvalue weighted by molar-refractivity contribution is 6.30. The highest BCUT2D eigenvalue weighted by atomic mass is 35.5. The van der Waals surface area contributed by atoms with Gasteiger partial charge in [-0.05, 0) is 67.4 Å². The lowest BCUT2D eigenvalue weighted by Gasteiger charge is -2.39. The molecule has 1 fully saturated rings. The summed E-state index contributed by atoms with van der Waals surface area (Å²) < 4.78 is 0. The molecule has 0 spiro atoms. The average molecular weight is 355 g/mol. The lowest BCUT2D eigenvalue weighted by atomic mass is 9.93. The van der Waals surface area contributed by atoms with E-state index in [9.17, 15) is 0 Å². The zero-order valence-electron chi connectivity index (χ0n) is 14.4. The van der Waals surface area contributed by atoms with Crippen LogP contribution >= 0.6 is 11.6 Å². The molecule has 0 amide bonds. The molecule has 2 aliphatic heterocycles. The van der Waals surface area contributed by atoms with Crippen molar-refractivity contribution in [3.63, 3.8) is 0 Å². The molecule has 0 saturated carbocycles. The number of nitrogens with one attached hydrogen (secondary N) is 1. The van der Waals surface area contributed by atoms with Gasteiger partial charge in [0.15, 0.2) is 0 Å². The van der Waals surface area contributed by atoms with Crippen LogP contribution in [-0.4, -0.2) is 41.1 Å². The monoisotopic (exact) mass is 354 g/mol. The Hall–Kier alpha value is -1.88. The number of benzene rings is 1. The molecule has 4 nitrogen and oxygen atoms in total. The number of pyridine rings is 1. The Morgan fingerprint density at radius 3 is 2.60 bits per heavy atom. The van der Waals surface area contributed by atoms with E-state index in [1.54, 1.807) is 0 Å². The number of rotatable bonds is 3. The summed E-state index contributed by atoms with van der Waals surface area (Å²) in [5.41, 5.74) is 7.28. The van der Waals surface area contributed by atoms with Gasteiger partial charge in [-0.25, -0.2) is 5.01 Å². The van der Waals surface area contributed by atoms with Crippen LogP contribution in [0.4, 0.5) is 0 Å². The maximum atomic E-state index is 6.08. The normalized spacial score (nSPS) is 24.8. The molecule has 25 heavy (non-hydrogen) atoms. The number of likely N-dealkylation sites (tertiary alicyclic amines) is 1. The number of hydrogen-bond acceptors (Lipinski definition) is 4. The number of likely N-dealkylation sites (N-methyl/N-ethyl adjacent to an activating group) is 1. The molecule has 2 atom stereocenters. The van der Waals surface area contributed by atoms with Crippen LogP contribution in [-0.2, 0) is 0 Å². The van der Waals surface area contributed by atoms with Gasteiger partial charge in [0, 0.05) is 36.2 Å². The molecule has 5 heteroatoms. The average Bonchev–Trinajstić information content (AvgIpc) is 3.08. The molecule has 2 aliphatic rings. The molecule has 1 saturated heterocycles. The molecule has 0 bridgehead atoms. The molecule has 3 heterocycles. The van der Waals surface area contributed by atoms with Gasteiger partial charge in [-0.3, -0.25) is 4.98 Å². The topological polar surface area (TPSA) is 31.4 Å². The predicted octanol–water partition coefficient (Wildman–Crippen LogP) is 3.73. The number of nitrogens with zero attached hydrogens (tertiary/aromatic N) is 3. The first-order valence-corrected chi connectivity index (χ1v) is 9.19. The largest absolute Gasteiger partial charge is 0.325 e. The maximum absolute atomic E-state index is 6.08. The molecular formula is C20H23ClN4. The highest BCUT2D eigenvalue weighted by Gasteiger charge is 2.36. The zero-order valence-corrected chi connectivity index (χ0v) is 15.2. The molecule has 0 radical (unpaired) electrons. The number of hydrogen-bond donors (Lipinski definition) is 1. The van der Waals surface area contributed by atoms with Gasteiger partial charge >= 0.3 is 0 Å². The maximum Gasteiger partial charge on any atom is 0.0815 e. The fraction of sp³-hybridized carbons (Fsp3) is 0.350. The molecule has 2 aromatic rings. The van der Waals surface area contributed by atoms with Crippen LogP contribution in [0.5, 0.6) is 0 Å². The van der Waals surface area contributed by atoms with E-state index < -0.39 is 0 Å². The van der Waals surface area contributed by atoms with Crippen molar-refractivity contribution < 1.29 is 0 Å². The molecule has 0 aliphatic carbocycles. The highest BCUT2D eigenvalue weighted by Crippen LogP contribution is 2.39. The van der Waals surface area contributed by atoms with Crippen molar-refractivity contribution in [3.05, 3.63) is 71.1 Å². The Kier molecular flexibility index (Phi) is 4.75. The van der Waals surface area contributed by atoms with Gasteiger partial charge in [0.2, 0.25) is 0 Å². The fourth-order valence-corrected chi connectivity index (χ4v) is 4.03. The second-order valence-electron chi connectivity index (χ2n) is 6.88. The van der Waals surface area contributed by atoms with Crippen molar-refractivity contribution in [1.29, 1.82) is 0 Å². The summed E-state index contributed by atoms with van der Waals surface area (Å²) in [6.45, 7) is 2.26. The van der Waals surface area contributed by atoms with E-state index in [0.717, 1.165) is 11.6 Å². The molecule has 1 aromatic heterocycles. The third kappa shape index (κ3) is 3.43. The number of aromatic nitrogens is 1. The molecule has 4 rings (SSSR count). The van der Waals surface area contributed by atoms with Gasteiger partial charge in [-0.15, -0.1) is 0 Å². The van der Waals surface area contributed by atoms with Gasteiger partial charge in [0.05, 0.1) is 6.04 Å². The van der Waals surface area contributed by atoms with Crippen LogP contribution in [0.1, 0.15) is 30.0 Å². The summed E-state index contributed by atoms with van der Waals surface area (Å²) in [5, 5.41) is 3.18. The molecule has 2 unspecified atom stereocenters. The van der Waals surface area contributed by atoms with E-state index in [-0.39, 0.29) is 6.04 Å². The van der Waals surface area contributed by atoms with Crippen LogP contribution in [0.25, 0.3) is 5.57 Å². The van der Waals surface area contributed by atoms with Crippen molar-refractivity contribution in [2.45, 2.75) is 24.9 Å². The summed E-state index contributed by atoms with van der Waals surface area (Å²) in [6, 6.07) is 13.0. The van der Waals surface area contributed by atoms with Gasteiger partial charge in [0.1, 0.15) is 0 Å². The van der Waals surface area contributed by atoms with Crippen molar-refractivity contribution >= 4 is 17.2 Å². The first kappa shape index (κ1) is 16.6. The second kappa shape index (κ2) is 7.16. The Balaban J connectivity index is 1.68. The molecular weight excluding hydrogens is 332 g/mol. The third-order valence-electron chi connectivity index (χ3n) is 5.13. The minimum atomic E-state index is 0.181. The summed E-state index contributed by atoms with van der Waals surface area (Å²) >= 11 is 6.08. The number of halogens is 1. The second-order valence-corrected chi connectivity index (χ2v) is 7.32. The lowest BCUT2D eigenvalue weighted by Crippen LogP contribution is -2.50. The first-order chi connectivity index (χ1) is 12.2. The van der Waals surface area contributed by atoms with Crippen LogP contribution in [0.15, 0.2) is 55.0 Å². The zero-order chi connectivity index (χ0) is 17.2. The van der Waals surface area contributed by atoms with E-state index in [2.05, 4.69) is 57.8 Å². The van der Waals surface area contributed by atoms with Crippen molar-refractivity contribution in [2.24, 2.45) is 0 Å². The van der Waals surface area contributed by atoms with E-state index in [4.69, 9.17) is 11.6 Å². The third-order valence-corrected chi connectivity index (χ3v) is 5.39. The van der Waals surface area contributed by atoms with E-state index in [0.29, 0.717) is 6.04 Å². The Labute approximate surface area is 154 Å². The van der Waals surface area contributed by atoms with Crippen molar-refractivity contribution in [2.75, 3.05) is 20.1 Å². The SMILES string of the molecule is CN1CCCC(N2NC=C(c3ccc(Cl)cc3)C2c2ccncc2)C1. The molecule has 1 N–H and O–H groups in total. The van der Waals surface area contributed by atoms with Gasteiger partial charge in [0.25, 0.3) is 0 Å². The quantitative estimate of drug-likeness (QED) is 0.910. The van der Waals surface area contributed by atoms with E-state index in [1.165, 1.54) is 36.1 Å². The summed E-state index contributed by atoms with van der Waals surface area (Å²) in [7, 11) is 2.21. The van der Waals surface area contributed by atoms with Crippen LogP contribution in [0.2, 0.25) is 5.02 Å². The van der Waals surface area contributed by atoms with Gasteiger partial charge in [-0.2, -0.15) is 0 Å².